The fourth-order valence-corrected chi connectivity index (χ4v) is 2.67. The molecule has 0 aromatic carbocycles. The number of carbonyl (C=O) groups is 1. The molecule has 0 aliphatic rings. The third-order valence-electron chi connectivity index (χ3n) is 3.05. The van der Waals surface area contributed by atoms with Gasteiger partial charge in [-0.05, 0) is 37.6 Å². The maximum atomic E-state index is 10.9. The second kappa shape index (κ2) is 5.95. The van der Waals surface area contributed by atoms with E-state index in [1.807, 2.05) is 19.2 Å². The Kier molecular flexibility index (Phi) is 4.29. The molecule has 19 heavy (non-hydrogen) atoms. The minimum Gasteiger partial charge on any atom is -0.477 e. The molecule has 0 saturated carbocycles. The minimum absolute atomic E-state index is 0.0923. The van der Waals surface area contributed by atoms with E-state index in [-0.39, 0.29) is 11.7 Å². The molecule has 4 nitrogen and oxygen atoms in total. The summed E-state index contributed by atoms with van der Waals surface area (Å²) in [5, 5.41) is 11.0. The monoisotopic (exact) mass is 276 g/mol. The van der Waals surface area contributed by atoms with Crippen LogP contribution in [0.4, 0.5) is 0 Å². The summed E-state index contributed by atoms with van der Waals surface area (Å²) in [6, 6.07) is 9.52. The third kappa shape index (κ3) is 3.39. The molecule has 0 aliphatic carbocycles. The molecule has 0 fully saturated rings. The number of thiophene rings is 1. The molecular formula is C14H16N2O2S. The highest BCUT2D eigenvalue weighted by atomic mass is 32.1. The van der Waals surface area contributed by atoms with Gasteiger partial charge in [-0.25, -0.2) is 9.78 Å². The molecule has 0 radical (unpaired) electrons. The summed E-state index contributed by atoms with van der Waals surface area (Å²) in [4.78, 5) is 18.5. The summed E-state index contributed by atoms with van der Waals surface area (Å²) in [7, 11) is 2.01. The van der Waals surface area contributed by atoms with E-state index >= 15 is 0 Å². The molecule has 1 atom stereocenters. The van der Waals surface area contributed by atoms with E-state index in [0.717, 1.165) is 5.69 Å². The van der Waals surface area contributed by atoms with Gasteiger partial charge in [0.05, 0.1) is 5.69 Å². The fraction of sp³-hybridized carbons (Fsp3) is 0.286. The number of nitrogens with zero attached hydrogens (tertiary/aromatic N) is 2. The number of aromatic nitrogens is 1. The zero-order valence-electron chi connectivity index (χ0n) is 10.9. The molecule has 2 aromatic heterocycles. The lowest BCUT2D eigenvalue weighted by atomic mass is 10.2. The first-order valence-corrected chi connectivity index (χ1v) is 6.89. The van der Waals surface area contributed by atoms with Gasteiger partial charge in [0, 0.05) is 17.5 Å². The number of pyridine rings is 1. The van der Waals surface area contributed by atoms with Crippen molar-refractivity contribution in [1.29, 1.82) is 0 Å². The van der Waals surface area contributed by atoms with Crippen LogP contribution >= 0.6 is 11.3 Å². The van der Waals surface area contributed by atoms with E-state index < -0.39 is 5.97 Å². The molecule has 0 aliphatic heterocycles. The van der Waals surface area contributed by atoms with Crippen molar-refractivity contribution < 1.29 is 9.90 Å². The maximum absolute atomic E-state index is 10.9. The molecule has 2 rings (SSSR count). The van der Waals surface area contributed by atoms with E-state index in [1.165, 1.54) is 10.9 Å². The molecule has 0 spiro atoms. The van der Waals surface area contributed by atoms with Crippen LogP contribution in [-0.4, -0.2) is 28.0 Å². The maximum Gasteiger partial charge on any atom is 0.354 e. The smallest absolute Gasteiger partial charge is 0.354 e. The zero-order chi connectivity index (χ0) is 13.8. The van der Waals surface area contributed by atoms with Crippen molar-refractivity contribution in [1.82, 2.24) is 9.88 Å². The molecule has 1 N–H and O–H groups in total. The topological polar surface area (TPSA) is 53.4 Å². The van der Waals surface area contributed by atoms with Gasteiger partial charge in [-0.3, -0.25) is 4.90 Å². The van der Waals surface area contributed by atoms with Crippen LogP contribution in [0.25, 0.3) is 0 Å². The van der Waals surface area contributed by atoms with Crippen LogP contribution in [0.1, 0.15) is 34.0 Å². The van der Waals surface area contributed by atoms with Crippen molar-refractivity contribution in [2.24, 2.45) is 0 Å². The normalized spacial score (nSPS) is 12.6. The van der Waals surface area contributed by atoms with Crippen molar-refractivity contribution in [3.8, 4) is 0 Å². The van der Waals surface area contributed by atoms with Gasteiger partial charge in [-0.2, -0.15) is 0 Å². The van der Waals surface area contributed by atoms with E-state index in [0.29, 0.717) is 6.54 Å². The van der Waals surface area contributed by atoms with Crippen LogP contribution in [0.5, 0.6) is 0 Å². The summed E-state index contributed by atoms with van der Waals surface area (Å²) < 4.78 is 0. The Morgan fingerprint density at radius 3 is 2.84 bits per heavy atom. The van der Waals surface area contributed by atoms with E-state index in [2.05, 4.69) is 28.3 Å². The molecule has 5 heteroatoms. The number of carboxylic acid groups (broad SMARTS) is 1. The molecule has 2 aromatic rings. The van der Waals surface area contributed by atoms with Gasteiger partial charge >= 0.3 is 5.97 Å². The van der Waals surface area contributed by atoms with E-state index in [9.17, 15) is 4.79 Å². The van der Waals surface area contributed by atoms with Crippen molar-refractivity contribution in [3.05, 3.63) is 52.0 Å². The van der Waals surface area contributed by atoms with E-state index in [1.54, 1.807) is 17.4 Å². The van der Waals surface area contributed by atoms with E-state index in [4.69, 9.17) is 5.11 Å². The van der Waals surface area contributed by atoms with Crippen molar-refractivity contribution >= 4 is 17.3 Å². The highest BCUT2D eigenvalue weighted by molar-refractivity contribution is 7.10. The minimum atomic E-state index is -0.990. The van der Waals surface area contributed by atoms with Gasteiger partial charge in [0.2, 0.25) is 0 Å². The molecular weight excluding hydrogens is 260 g/mol. The fourth-order valence-electron chi connectivity index (χ4n) is 1.83. The third-order valence-corrected chi connectivity index (χ3v) is 4.10. The summed E-state index contributed by atoms with van der Waals surface area (Å²) in [5.41, 5.74) is 0.862. The summed E-state index contributed by atoms with van der Waals surface area (Å²) >= 11 is 1.72. The average Bonchev–Trinajstić information content (AvgIpc) is 2.92. The molecule has 1 unspecified atom stereocenters. The van der Waals surface area contributed by atoms with Gasteiger partial charge in [-0.1, -0.05) is 12.1 Å². The molecule has 0 saturated heterocycles. The second-order valence-electron chi connectivity index (χ2n) is 4.43. The van der Waals surface area contributed by atoms with Crippen molar-refractivity contribution in [3.63, 3.8) is 0 Å². The lowest BCUT2D eigenvalue weighted by Crippen LogP contribution is -2.22. The van der Waals surface area contributed by atoms with Gasteiger partial charge < -0.3 is 5.11 Å². The molecule has 0 amide bonds. The van der Waals surface area contributed by atoms with Crippen LogP contribution in [0.3, 0.4) is 0 Å². The van der Waals surface area contributed by atoms with Crippen LogP contribution in [0.15, 0.2) is 35.7 Å². The molecule has 2 heterocycles. The number of hydrogen-bond acceptors (Lipinski definition) is 4. The van der Waals surface area contributed by atoms with Gasteiger partial charge in [0.25, 0.3) is 0 Å². The van der Waals surface area contributed by atoms with Crippen LogP contribution in [-0.2, 0) is 6.54 Å². The average molecular weight is 276 g/mol. The lowest BCUT2D eigenvalue weighted by Gasteiger charge is -2.23. The summed E-state index contributed by atoms with van der Waals surface area (Å²) in [6.45, 7) is 2.76. The zero-order valence-corrected chi connectivity index (χ0v) is 11.7. The molecule has 100 valence electrons. The quantitative estimate of drug-likeness (QED) is 0.912. The largest absolute Gasteiger partial charge is 0.477 e. The van der Waals surface area contributed by atoms with Gasteiger partial charge in [0.15, 0.2) is 0 Å². The lowest BCUT2D eigenvalue weighted by molar-refractivity contribution is 0.0690. The Hall–Kier alpha value is -1.72. The standard InChI is InChI=1S/C14H16N2O2S/c1-10(13-7-4-8-19-13)16(2)9-11-5-3-6-12(15-11)14(17)18/h3-8,10H,9H2,1-2H3,(H,17,18). The predicted molar refractivity (Wildman–Crippen MR) is 75.4 cm³/mol. The number of hydrogen-bond donors (Lipinski definition) is 1. The Bertz CT molecular complexity index is 554. The first-order valence-electron chi connectivity index (χ1n) is 6.01. The Labute approximate surface area is 116 Å². The first-order chi connectivity index (χ1) is 9.08. The summed E-state index contributed by atoms with van der Waals surface area (Å²) in [6.07, 6.45) is 0. The van der Waals surface area contributed by atoms with Gasteiger partial charge in [0.1, 0.15) is 5.69 Å². The SMILES string of the molecule is CC(c1cccs1)N(C)Cc1cccc(C(=O)O)n1. The Morgan fingerprint density at radius 1 is 1.42 bits per heavy atom. The molecule has 0 bridgehead atoms. The highest BCUT2D eigenvalue weighted by Crippen LogP contribution is 2.24. The van der Waals surface area contributed by atoms with Crippen LogP contribution in [0, 0.1) is 0 Å². The van der Waals surface area contributed by atoms with Crippen molar-refractivity contribution in [2.75, 3.05) is 7.05 Å². The van der Waals surface area contributed by atoms with Gasteiger partial charge in [-0.15, -0.1) is 11.3 Å². The summed E-state index contributed by atoms with van der Waals surface area (Å²) in [5.74, 6) is -0.990. The predicted octanol–water partition coefficient (Wildman–Crippen LogP) is 3.03. The van der Waals surface area contributed by atoms with Crippen LogP contribution < -0.4 is 0 Å². The number of rotatable bonds is 5. The van der Waals surface area contributed by atoms with Crippen molar-refractivity contribution in [2.45, 2.75) is 19.5 Å². The van der Waals surface area contributed by atoms with Crippen LogP contribution in [0.2, 0.25) is 0 Å². The Morgan fingerprint density at radius 2 is 2.21 bits per heavy atom. The first kappa shape index (κ1) is 13.7. The highest BCUT2D eigenvalue weighted by Gasteiger charge is 2.14. The number of aromatic carboxylic acids is 1. The number of carboxylic acids is 1. The Balaban J connectivity index is 2.08. The second-order valence-corrected chi connectivity index (χ2v) is 5.41.